The number of aromatic nitrogens is 5. The fourth-order valence-corrected chi connectivity index (χ4v) is 3.60. The van der Waals surface area contributed by atoms with Gasteiger partial charge in [0.1, 0.15) is 5.82 Å². The van der Waals surface area contributed by atoms with Crippen LogP contribution in [0.4, 0.5) is 0 Å². The van der Waals surface area contributed by atoms with E-state index in [1.807, 2.05) is 42.8 Å². The molecule has 3 rings (SSSR count). The standard InChI is InChI=1S/C13H12ClN5S2/c1-3-10-15-13(21-18-10)20-12-17-16-11(19(12)2)8-6-4-5-7-9(8)14/h4-7H,3H2,1-2H3. The van der Waals surface area contributed by atoms with Gasteiger partial charge >= 0.3 is 0 Å². The Bertz CT molecular complexity index is 768. The molecule has 0 radical (unpaired) electrons. The summed E-state index contributed by atoms with van der Waals surface area (Å²) in [5.41, 5.74) is 0.868. The van der Waals surface area contributed by atoms with Crippen LogP contribution in [0.2, 0.25) is 5.02 Å². The molecule has 5 nitrogen and oxygen atoms in total. The topological polar surface area (TPSA) is 56.5 Å². The minimum atomic E-state index is 0.661. The first-order valence-electron chi connectivity index (χ1n) is 6.33. The second-order valence-corrected chi connectivity index (χ2v) is 6.65. The second-order valence-electron chi connectivity index (χ2n) is 4.28. The van der Waals surface area contributed by atoms with E-state index >= 15 is 0 Å². The third-order valence-electron chi connectivity index (χ3n) is 2.89. The monoisotopic (exact) mass is 337 g/mol. The highest BCUT2D eigenvalue weighted by molar-refractivity contribution is 8.00. The van der Waals surface area contributed by atoms with Crippen molar-refractivity contribution < 1.29 is 0 Å². The number of benzene rings is 1. The predicted molar refractivity (Wildman–Crippen MR) is 84.9 cm³/mol. The SMILES string of the molecule is CCc1nsc(Sc2nnc(-c3ccccc3Cl)n2C)n1. The van der Waals surface area contributed by atoms with E-state index < -0.39 is 0 Å². The van der Waals surface area contributed by atoms with Crippen molar-refractivity contribution in [3.05, 3.63) is 35.1 Å². The zero-order valence-corrected chi connectivity index (χ0v) is 13.8. The van der Waals surface area contributed by atoms with Crippen molar-refractivity contribution in [1.29, 1.82) is 0 Å². The summed E-state index contributed by atoms with van der Waals surface area (Å²) in [5, 5.41) is 9.88. The van der Waals surface area contributed by atoms with Gasteiger partial charge in [-0.05, 0) is 35.4 Å². The van der Waals surface area contributed by atoms with Crippen molar-refractivity contribution in [2.45, 2.75) is 22.8 Å². The quantitative estimate of drug-likeness (QED) is 0.726. The molecule has 0 saturated carbocycles. The van der Waals surface area contributed by atoms with E-state index in [2.05, 4.69) is 19.6 Å². The number of aryl methyl sites for hydroxylation is 1. The summed E-state index contributed by atoms with van der Waals surface area (Å²) < 4.78 is 7.05. The molecule has 0 aliphatic rings. The van der Waals surface area contributed by atoms with Crippen LogP contribution in [-0.2, 0) is 13.5 Å². The molecule has 0 fully saturated rings. The fraction of sp³-hybridized carbons (Fsp3) is 0.231. The molecule has 8 heteroatoms. The van der Waals surface area contributed by atoms with Crippen molar-refractivity contribution in [3.8, 4) is 11.4 Å². The Kier molecular flexibility index (Phi) is 4.23. The first-order valence-corrected chi connectivity index (χ1v) is 8.30. The molecule has 1 aromatic carbocycles. The van der Waals surface area contributed by atoms with Crippen LogP contribution >= 0.6 is 34.9 Å². The van der Waals surface area contributed by atoms with Gasteiger partial charge in [0, 0.05) is 19.0 Å². The molecule has 0 N–H and O–H groups in total. The van der Waals surface area contributed by atoms with Gasteiger partial charge in [-0.3, -0.25) is 0 Å². The minimum Gasteiger partial charge on any atom is -0.305 e. The smallest absolute Gasteiger partial charge is 0.198 e. The van der Waals surface area contributed by atoms with Gasteiger partial charge < -0.3 is 4.57 Å². The van der Waals surface area contributed by atoms with Gasteiger partial charge in [-0.2, -0.15) is 4.37 Å². The van der Waals surface area contributed by atoms with E-state index in [0.29, 0.717) is 5.02 Å². The molecule has 21 heavy (non-hydrogen) atoms. The maximum atomic E-state index is 6.21. The molecular formula is C13H12ClN5S2. The van der Waals surface area contributed by atoms with Crippen molar-refractivity contribution in [3.63, 3.8) is 0 Å². The first kappa shape index (κ1) is 14.5. The first-order chi connectivity index (χ1) is 10.2. The molecule has 0 bridgehead atoms. The van der Waals surface area contributed by atoms with E-state index in [9.17, 15) is 0 Å². The van der Waals surface area contributed by atoms with Crippen LogP contribution in [-0.4, -0.2) is 24.1 Å². The molecule has 2 aromatic heterocycles. The average Bonchev–Trinajstić information content (AvgIpc) is 3.08. The van der Waals surface area contributed by atoms with Crippen molar-refractivity contribution in [2.24, 2.45) is 7.05 Å². The van der Waals surface area contributed by atoms with E-state index in [-0.39, 0.29) is 0 Å². The number of nitrogens with zero attached hydrogens (tertiary/aromatic N) is 5. The summed E-state index contributed by atoms with van der Waals surface area (Å²) in [6.07, 6.45) is 0.834. The molecule has 2 heterocycles. The molecule has 3 aromatic rings. The number of rotatable bonds is 4. The molecule has 0 aliphatic carbocycles. The maximum absolute atomic E-state index is 6.21. The summed E-state index contributed by atoms with van der Waals surface area (Å²) in [7, 11) is 1.92. The highest BCUT2D eigenvalue weighted by Crippen LogP contribution is 2.31. The Morgan fingerprint density at radius 1 is 1.29 bits per heavy atom. The van der Waals surface area contributed by atoms with Crippen LogP contribution in [0.3, 0.4) is 0 Å². The Balaban J connectivity index is 1.91. The maximum Gasteiger partial charge on any atom is 0.198 e. The minimum absolute atomic E-state index is 0.661. The van der Waals surface area contributed by atoms with Crippen LogP contribution < -0.4 is 0 Å². The predicted octanol–water partition coefficient (Wildman–Crippen LogP) is 3.70. The Morgan fingerprint density at radius 3 is 2.81 bits per heavy atom. The fourth-order valence-electron chi connectivity index (χ4n) is 1.78. The highest BCUT2D eigenvalue weighted by Gasteiger charge is 2.15. The van der Waals surface area contributed by atoms with Gasteiger partial charge in [0.25, 0.3) is 0 Å². The van der Waals surface area contributed by atoms with Gasteiger partial charge in [-0.15, -0.1) is 10.2 Å². The lowest BCUT2D eigenvalue weighted by Crippen LogP contribution is -1.95. The highest BCUT2D eigenvalue weighted by atomic mass is 35.5. The summed E-state index contributed by atoms with van der Waals surface area (Å²) in [4.78, 5) is 4.43. The van der Waals surface area contributed by atoms with Gasteiger partial charge in [-0.25, -0.2) is 4.98 Å². The lowest BCUT2D eigenvalue weighted by molar-refractivity contribution is 0.793. The second kappa shape index (κ2) is 6.13. The third kappa shape index (κ3) is 2.95. The summed E-state index contributed by atoms with van der Waals surface area (Å²) in [6.45, 7) is 2.04. The van der Waals surface area contributed by atoms with Crippen LogP contribution in [0.5, 0.6) is 0 Å². The van der Waals surface area contributed by atoms with Crippen LogP contribution in [0, 0.1) is 0 Å². The summed E-state index contributed by atoms with van der Waals surface area (Å²) in [6, 6.07) is 7.60. The lowest BCUT2D eigenvalue weighted by atomic mass is 10.2. The van der Waals surface area contributed by atoms with Gasteiger partial charge in [-0.1, -0.05) is 30.7 Å². The largest absolute Gasteiger partial charge is 0.305 e. The number of halogens is 1. The Labute approximate surface area is 135 Å². The van der Waals surface area contributed by atoms with E-state index in [1.165, 1.54) is 23.3 Å². The Morgan fingerprint density at radius 2 is 2.10 bits per heavy atom. The van der Waals surface area contributed by atoms with E-state index in [0.717, 1.165) is 33.1 Å². The van der Waals surface area contributed by atoms with Crippen LogP contribution in [0.15, 0.2) is 33.8 Å². The Hall–Kier alpha value is -1.44. The van der Waals surface area contributed by atoms with Gasteiger partial charge in [0.2, 0.25) is 0 Å². The van der Waals surface area contributed by atoms with Crippen LogP contribution in [0.25, 0.3) is 11.4 Å². The normalized spacial score (nSPS) is 11.0. The molecule has 0 amide bonds. The van der Waals surface area contributed by atoms with Crippen LogP contribution in [0.1, 0.15) is 12.7 Å². The molecule has 0 saturated heterocycles. The zero-order chi connectivity index (χ0) is 14.8. The lowest BCUT2D eigenvalue weighted by Gasteiger charge is -2.04. The van der Waals surface area contributed by atoms with Crippen molar-refractivity contribution in [2.75, 3.05) is 0 Å². The van der Waals surface area contributed by atoms with Gasteiger partial charge in [0.05, 0.1) is 5.02 Å². The van der Waals surface area contributed by atoms with E-state index in [4.69, 9.17) is 11.6 Å². The van der Waals surface area contributed by atoms with Crippen molar-refractivity contribution >= 4 is 34.9 Å². The molecule has 0 aliphatic heterocycles. The number of hydrogen-bond donors (Lipinski definition) is 0. The molecular weight excluding hydrogens is 326 g/mol. The number of hydrogen-bond acceptors (Lipinski definition) is 6. The van der Waals surface area contributed by atoms with Gasteiger partial charge in [0.15, 0.2) is 15.3 Å². The molecule has 0 atom stereocenters. The summed E-state index contributed by atoms with van der Waals surface area (Å²) >= 11 is 9.06. The summed E-state index contributed by atoms with van der Waals surface area (Å²) in [5.74, 6) is 1.60. The van der Waals surface area contributed by atoms with E-state index in [1.54, 1.807) is 0 Å². The average molecular weight is 338 g/mol. The zero-order valence-electron chi connectivity index (χ0n) is 11.4. The molecule has 0 spiro atoms. The molecule has 0 unspecified atom stereocenters. The third-order valence-corrected chi connectivity index (χ3v) is 5.05. The van der Waals surface area contributed by atoms with Crippen molar-refractivity contribution in [1.82, 2.24) is 24.1 Å². The molecule has 108 valence electrons.